The number of amides is 1. The average molecular weight is 390 g/mol. The van der Waals surface area contributed by atoms with Gasteiger partial charge in [-0.1, -0.05) is 24.3 Å². The quantitative estimate of drug-likeness (QED) is 0.742. The largest absolute Gasteiger partial charge is 0.456 e. The van der Waals surface area contributed by atoms with Crippen LogP contribution in [0, 0.1) is 19.8 Å². The van der Waals surface area contributed by atoms with Gasteiger partial charge >= 0.3 is 0 Å². The third kappa shape index (κ3) is 3.17. The Morgan fingerprint density at radius 1 is 1.17 bits per heavy atom. The maximum Gasteiger partial charge on any atom is 0.287 e. The van der Waals surface area contributed by atoms with Crippen molar-refractivity contribution in [2.24, 2.45) is 13.0 Å². The fraction of sp³-hybridized carbons (Fsp3) is 0.391. The first-order valence-corrected chi connectivity index (χ1v) is 10.2. The lowest BCUT2D eigenvalue weighted by Crippen LogP contribution is -2.33. The van der Waals surface area contributed by atoms with E-state index in [-0.39, 0.29) is 11.9 Å². The first kappa shape index (κ1) is 18.2. The summed E-state index contributed by atoms with van der Waals surface area (Å²) in [5.41, 5.74) is 4.88. The number of benzene rings is 1. The molecular weight excluding hydrogens is 364 g/mol. The number of nitrogens with zero attached hydrogens (tertiary/aromatic N) is 3. The predicted molar refractivity (Wildman–Crippen MR) is 110 cm³/mol. The van der Waals surface area contributed by atoms with E-state index >= 15 is 0 Å². The number of hydrogen-bond donors (Lipinski definition) is 1. The molecule has 0 bridgehead atoms. The molecule has 1 N–H and O–H groups in total. The van der Waals surface area contributed by atoms with Crippen LogP contribution >= 0.6 is 0 Å². The molecule has 2 aliphatic rings. The number of aryl methyl sites for hydroxylation is 3. The molecule has 1 amide bonds. The lowest BCUT2D eigenvalue weighted by molar-refractivity contribution is 0.0894. The third-order valence-corrected chi connectivity index (χ3v) is 6.33. The normalized spacial score (nSPS) is 23.2. The van der Waals surface area contributed by atoms with E-state index in [9.17, 15) is 4.79 Å². The van der Waals surface area contributed by atoms with Gasteiger partial charge in [0.25, 0.3) is 5.91 Å². The van der Waals surface area contributed by atoms with Crippen molar-refractivity contribution in [3.05, 3.63) is 76.5 Å². The number of hydrogen-bond acceptors (Lipinski definition) is 4. The zero-order valence-corrected chi connectivity index (χ0v) is 17.1. The average Bonchev–Trinajstić information content (AvgIpc) is 3.43. The van der Waals surface area contributed by atoms with E-state index in [2.05, 4.69) is 45.6 Å². The number of fused-ring (bicyclic) bond motifs is 3. The van der Waals surface area contributed by atoms with Crippen molar-refractivity contribution in [1.29, 1.82) is 0 Å². The standard InChI is InChI=1S/C23H26N4O2/c1-14-10-16(26(3)25-14)11-27-12-19-17-6-4-5-7-18(17)22(20(19)13-27)24-23(28)21-9-8-15(2)29-21/h4-10,19-20,22H,11-13H2,1-3H3,(H,24,28)/t19-,20-,22+/m0/s1. The Morgan fingerprint density at radius 3 is 2.66 bits per heavy atom. The number of furan rings is 1. The molecule has 1 saturated heterocycles. The van der Waals surface area contributed by atoms with E-state index < -0.39 is 0 Å². The minimum absolute atomic E-state index is 0.00683. The summed E-state index contributed by atoms with van der Waals surface area (Å²) >= 11 is 0. The SMILES string of the molecule is Cc1cc(CN2C[C@@H]3[C@H](NC(=O)c4ccc(C)o4)c4ccccc4[C@@H]3C2)n(C)n1. The summed E-state index contributed by atoms with van der Waals surface area (Å²) in [6, 6.07) is 14.3. The maximum absolute atomic E-state index is 12.8. The Labute approximate surface area is 170 Å². The maximum atomic E-state index is 12.8. The molecule has 150 valence electrons. The fourth-order valence-electron chi connectivity index (χ4n) is 5.07. The second kappa shape index (κ2) is 6.88. The smallest absolute Gasteiger partial charge is 0.287 e. The molecule has 0 radical (unpaired) electrons. The van der Waals surface area contributed by atoms with Gasteiger partial charge in [-0.25, -0.2) is 0 Å². The van der Waals surface area contributed by atoms with E-state index in [0.29, 0.717) is 17.6 Å². The topological polar surface area (TPSA) is 63.3 Å². The van der Waals surface area contributed by atoms with Crippen LogP contribution in [-0.4, -0.2) is 33.7 Å². The highest BCUT2D eigenvalue weighted by molar-refractivity contribution is 5.92. The summed E-state index contributed by atoms with van der Waals surface area (Å²) in [5.74, 6) is 1.78. The van der Waals surface area contributed by atoms with Gasteiger partial charge in [-0.3, -0.25) is 14.4 Å². The van der Waals surface area contributed by atoms with Gasteiger partial charge in [0.2, 0.25) is 0 Å². The summed E-state index contributed by atoms with van der Waals surface area (Å²) in [6.45, 7) is 6.71. The van der Waals surface area contributed by atoms with E-state index in [1.54, 1.807) is 6.07 Å². The summed E-state index contributed by atoms with van der Waals surface area (Å²) in [7, 11) is 2.00. The number of nitrogens with one attached hydrogen (secondary N) is 1. The minimum atomic E-state index is -0.140. The van der Waals surface area contributed by atoms with Crippen LogP contribution in [-0.2, 0) is 13.6 Å². The molecule has 3 heterocycles. The molecule has 1 aliphatic heterocycles. The van der Waals surface area contributed by atoms with Crippen molar-refractivity contribution < 1.29 is 9.21 Å². The number of likely N-dealkylation sites (tertiary alicyclic amines) is 1. The van der Waals surface area contributed by atoms with Crippen LogP contribution in [0.5, 0.6) is 0 Å². The summed E-state index contributed by atoms with van der Waals surface area (Å²) in [4.78, 5) is 15.3. The van der Waals surface area contributed by atoms with Gasteiger partial charge in [-0.15, -0.1) is 0 Å². The number of aromatic nitrogens is 2. The molecular formula is C23H26N4O2. The monoisotopic (exact) mass is 390 g/mol. The van der Waals surface area contributed by atoms with Gasteiger partial charge < -0.3 is 9.73 Å². The number of rotatable bonds is 4. The Hall–Kier alpha value is -2.86. The van der Waals surface area contributed by atoms with E-state index in [1.165, 1.54) is 16.8 Å². The van der Waals surface area contributed by atoms with Gasteiger partial charge in [0.05, 0.1) is 17.4 Å². The van der Waals surface area contributed by atoms with Crippen LogP contribution in [0.3, 0.4) is 0 Å². The van der Waals surface area contributed by atoms with Crippen molar-refractivity contribution in [2.45, 2.75) is 32.4 Å². The number of carbonyl (C=O) groups is 1. The molecule has 5 rings (SSSR count). The Kier molecular flexibility index (Phi) is 4.32. The molecule has 3 aromatic rings. The summed E-state index contributed by atoms with van der Waals surface area (Å²) in [6.07, 6.45) is 0. The Morgan fingerprint density at radius 2 is 1.97 bits per heavy atom. The molecule has 6 heteroatoms. The molecule has 1 aliphatic carbocycles. The molecule has 1 aromatic carbocycles. The Balaban J connectivity index is 1.39. The van der Waals surface area contributed by atoms with Crippen LogP contribution in [0.25, 0.3) is 0 Å². The lowest BCUT2D eigenvalue weighted by Gasteiger charge is -2.22. The van der Waals surface area contributed by atoms with Crippen LogP contribution in [0.15, 0.2) is 46.9 Å². The molecule has 2 aromatic heterocycles. The van der Waals surface area contributed by atoms with Crippen molar-refractivity contribution in [1.82, 2.24) is 20.0 Å². The second-order valence-corrected chi connectivity index (χ2v) is 8.36. The van der Waals surface area contributed by atoms with Crippen molar-refractivity contribution in [3.63, 3.8) is 0 Å². The highest BCUT2D eigenvalue weighted by Gasteiger charge is 2.46. The van der Waals surface area contributed by atoms with E-state index in [4.69, 9.17) is 4.42 Å². The molecule has 6 nitrogen and oxygen atoms in total. The first-order chi connectivity index (χ1) is 14.0. The van der Waals surface area contributed by atoms with Gasteiger partial charge in [0, 0.05) is 38.5 Å². The first-order valence-electron chi connectivity index (χ1n) is 10.2. The molecule has 3 atom stereocenters. The molecule has 0 unspecified atom stereocenters. The zero-order valence-electron chi connectivity index (χ0n) is 17.1. The summed E-state index contributed by atoms with van der Waals surface area (Å²) < 4.78 is 7.51. The molecule has 0 saturated carbocycles. The van der Waals surface area contributed by atoms with Crippen LogP contribution in [0.4, 0.5) is 0 Å². The minimum Gasteiger partial charge on any atom is -0.456 e. The predicted octanol–water partition coefficient (Wildman–Crippen LogP) is 3.33. The fourth-order valence-corrected chi connectivity index (χ4v) is 5.07. The van der Waals surface area contributed by atoms with E-state index in [1.807, 2.05) is 31.6 Å². The zero-order chi connectivity index (χ0) is 20.1. The number of carbonyl (C=O) groups excluding carboxylic acids is 1. The third-order valence-electron chi connectivity index (χ3n) is 6.33. The molecule has 1 fully saturated rings. The highest BCUT2D eigenvalue weighted by Crippen LogP contribution is 2.49. The summed E-state index contributed by atoms with van der Waals surface area (Å²) in [5, 5.41) is 7.73. The van der Waals surface area contributed by atoms with Gasteiger partial charge in [0.1, 0.15) is 5.76 Å². The van der Waals surface area contributed by atoms with Gasteiger partial charge in [0.15, 0.2) is 5.76 Å². The van der Waals surface area contributed by atoms with Gasteiger partial charge in [-0.05, 0) is 43.2 Å². The van der Waals surface area contributed by atoms with E-state index in [0.717, 1.165) is 31.1 Å². The molecule has 29 heavy (non-hydrogen) atoms. The van der Waals surface area contributed by atoms with Crippen LogP contribution < -0.4 is 5.32 Å². The Bertz CT molecular complexity index is 1070. The van der Waals surface area contributed by atoms with Crippen LogP contribution in [0.1, 0.15) is 50.8 Å². The molecule has 0 spiro atoms. The van der Waals surface area contributed by atoms with Crippen molar-refractivity contribution >= 4 is 5.91 Å². The van der Waals surface area contributed by atoms with Crippen molar-refractivity contribution in [2.75, 3.05) is 13.1 Å². The van der Waals surface area contributed by atoms with Crippen molar-refractivity contribution in [3.8, 4) is 0 Å². The second-order valence-electron chi connectivity index (χ2n) is 8.36. The van der Waals surface area contributed by atoms with Gasteiger partial charge in [-0.2, -0.15) is 5.10 Å². The van der Waals surface area contributed by atoms with Crippen LogP contribution in [0.2, 0.25) is 0 Å². The lowest BCUT2D eigenvalue weighted by atomic mass is 9.94. The highest BCUT2D eigenvalue weighted by atomic mass is 16.3.